The van der Waals surface area contributed by atoms with Gasteiger partial charge >= 0.3 is 12.1 Å². The Morgan fingerprint density at radius 1 is 1.31 bits per heavy atom. The fraction of sp³-hybridized carbons (Fsp3) is 0.818. The molecule has 0 aromatic rings. The fourth-order valence-electron chi connectivity index (χ4n) is 1.19. The molecule has 0 spiro atoms. The minimum absolute atomic E-state index is 0.259. The number of nitrogens with one attached hydrogen (secondary N) is 1. The first kappa shape index (κ1) is 14.9. The molecule has 2 unspecified atom stereocenters. The van der Waals surface area contributed by atoms with Crippen LogP contribution in [0.15, 0.2) is 0 Å². The predicted octanol–water partition coefficient (Wildman–Crippen LogP) is 2.42. The first-order valence-electron chi connectivity index (χ1n) is 5.30. The summed E-state index contributed by atoms with van der Waals surface area (Å²) in [6.07, 6.45) is -0.298. The molecule has 4 nitrogen and oxygen atoms in total. The number of hydrogen-bond donors (Lipinski definition) is 1. The van der Waals surface area contributed by atoms with E-state index in [9.17, 15) is 14.0 Å². The first-order chi connectivity index (χ1) is 7.11. The van der Waals surface area contributed by atoms with Gasteiger partial charge in [0, 0.05) is 12.0 Å². The fourth-order valence-corrected chi connectivity index (χ4v) is 1.19. The van der Waals surface area contributed by atoms with E-state index in [1.54, 1.807) is 27.7 Å². The molecule has 0 aliphatic rings. The SMILES string of the molecule is CC(CC(C)C(=O)F)NC(=O)OC(C)(C)C. The van der Waals surface area contributed by atoms with E-state index in [-0.39, 0.29) is 12.5 Å². The van der Waals surface area contributed by atoms with E-state index in [0.29, 0.717) is 0 Å². The molecule has 5 heteroatoms. The molecular formula is C11H20FNO3. The van der Waals surface area contributed by atoms with Crippen molar-refractivity contribution >= 4 is 12.1 Å². The van der Waals surface area contributed by atoms with Crippen LogP contribution in [0.2, 0.25) is 0 Å². The lowest BCUT2D eigenvalue weighted by molar-refractivity contribution is -0.133. The van der Waals surface area contributed by atoms with E-state index in [2.05, 4.69) is 5.32 Å². The minimum atomic E-state index is -1.36. The van der Waals surface area contributed by atoms with E-state index in [1.807, 2.05) is 0 Å². The summed E-state index contributed by atoms with van der Waals surface area (Å²) in [6.45, 7) is 8.44. The average molecular weight is 233 g/mol. The molecule has 0 aromatic carbocycles. The number of carbonyl (C=O) groups excluding carboxylic acids is 2. The summed E-state index contributed by atoms with van der Waals surface area (Å²) in [5.74, 6) is -0.704. The van der Waals surface area contributed by atoms with Crippen molar-refractivity contribution in [2.75, 3.05) is 0 Å². The molecule has 0 bridgehead atoms. The number of amides is 1. The van der Waals surface area contributed by atoms with Gasteiger partial charge in [0.2, 0.25) is 0 Å². The summed E-state index contributed by atoms with van der Waals surface area (Å²) >= 11 is 0. The van der Waals surface area contributed by atoms with Gasteiger partial charge in [-0.1, -0.05) is 6.92 Å². The highest BCUT2D eigenvalue weighted by Gasteiger charge is 2.20. The van der Waals surface area contributed by atoms with Crippen molar-refractivity contribution in [1.82, 2.24) is 5.32 Å². The van der Waals surface area contributed by atoms with Crippen molar-refractivity contribution in [2.45, 2.75) is 52.7 Å². The van der Waals surface area contributed by atoms with E-state index in [1.165, 1.54) is 6.92 Å². The summed E-state index contributed by atoms with van der Waals surface area (Å²) in [6, 6.07) is -1.66. The standard InChI is InChI=1S/C11H20FNO3/c1-7(9(12)14)6-8(2)13-10(15)16-11(3,4)5/h7-8H,6H2,1-5H3,(H,13,15). The van der Waals surface area contributed by atoms with E-state index in [4.69, 9.17) is 4.74 Å². The van der Waals surface area contributed by atoms with Crippen LogP contribution < -0.4 is 5.32 Å². The van der Waals surface area contributed by atoms with Crippen molar-refractivity contribution in [3.63, 3.8) is 0 Å². The number of hydrogen-bond acceptors (Lipinski definition) is 3. The van der Waals surface area contributed by atoms with Crippen LogP contribution in [-0.4, -0.2) is 23.8 Å². The maximum absolute atomic E-state index is 12.3. The van der Waals surface area contributed by atoms with E-state index in [0.717, 1.165) is 0 Å². The second kappa shape index (κ2) is 5.82. The predicted molar refractivity (Wildman–Crippen MR) is 58.7 cm³/mol. The second-order valence-electron chi connectivity index (χ2n) is 4.99. The van der Waals surface area contributed by atoms with Crippen molar-refractivity contribution in [3.8, 4) is 0 Å². The zero-order chi connectivity index (χ0) is 12.9. The molecule has 0 aromatic heterocycles. The highest BCUT2D eigenvalue weighted by molar-refractivity contribution is 5.71. The van der Waals surface area contributed by atoms with Gasteiger partial charge in [0.05, 0.1) is 0 Å². The van der Waals surface area contributed by atoms with Crippen LogP contribution >= 0.6 is 0 Å². The molecule has 0 saturated carbocycles. The Balaban J connectivity index is 4.01. The molecule has 0 heterocycles. The molecule has 1 N–H and O–H groups in total. The van der Waals surface area contributed by atoms with Gasteiger partial charge in [0.25, 0.3) is 0 Å². The number of ether oxygens (including phenoxy) is 1. The van der Waals surface area contributed by atoms with E-state index < -0.39 is 23.6 Å². The largest absolute Gasteiger partial charge is 0.444 e. The normalized spacial score (nSPS) is 15.1. The molecule has 0 rings (SSSR count). The third-order valence-electron chi connectivity index (χ3n) is 1.86. The van der Waals surface area contributed by atoms with Crippen LogP contribution in [0, 0.1) is 5.92 Å². The van der Waals surface area contributed by atoms with Crippen molar-refractivity contribution in [3.05, 3.63) is 0 Å². The Morgan fingerprint density at radius 3 is 2.19 bits per heavy atom. The van der Waals surface area contributed by atoms with Crippen LogP contribution in [0.25, 0.3) is 0 Å². The smallest absolute Gasteiger partial charge is 0.407 e. The van der Waals surface area contributed by atoms with Gasteiger partial charge in [-0.3, -0.25) is 4.79 Å². The molecule has 0 saturated heterocycles. The molecule has 0 aliphatic carbocycles. The molecule has 0 radical (unpaired) electrons. The Morgan fingerprint density at radius 2 is 1.81 bits per heavy atom. The van der Waals surface area contributed by atoms with Gasteiger partial charge < -0.3 is 10.1 Å². The quantitative estimate of drug-likeness (QED) is 0.759. The van der Waals surface area contributed by atoms with Crippen LogP contribution in [0.1, 0.15) is 41.0 Å². The summed E-state index contributed by atoms with van der Waals surface area (Å²) in [5.41, 5.74) is -0.564. The number of carbonyl (C=O) groups is 2. The van der Waals surface area contributed by atoms with Gasteiger partial charge in [-0.15, -0.1) is 0 Å². The van der Waals surface area contributed by atoms with Crippen molar-refractivity contribution in [2.24, 2.45) is 5.92 Å². The zero-order valence-electron chi connectivity index (χ0n) is 10.5. The zero-order valence-corrected chi connectivity index (χ0v) is 10.5. The van der Waals surface area contributed by atoms with Crippen molar-refractivity contribution in [1.29, 1.82) is 0 Å². The molecule has 0 fully saturated rings. The Kier molecular flexibility index (Phi) is 5.41. The number of halogens is 1. The second-order valence-corrected chi connectivity index (χ2v) is 4.99. The lowest BCUT2D eigenvalue weighted by Gasteiger charge is -2.22. The summed E-state index contributed by atoms with van der Waals surface area (Å²) in [5, 5.41) is 2.54. The third-order valence-corrected chi connectivity index (χ3v) is 1.86. The van der Waals surface area contributed by atoms with Gasteiger partial charge in [0.15, 0.2) is 0 Å². The highest BCUT2D eigenvalue weighted by atomic mass is 19.1. The maximum Gasteiger partial charge on any atom is 0.407 e. The van der Waals surface area contributed by atoms with Gasteiger partial charge in [-0.2, -0.15) is 4.39 Å². The summed E-state index contributed by atoms with van der Waals surface area (Å²) in [7, 11) is 0. The molecule has 1 amide bonds. The topological polar surface area (TPSA) is 55.4 Å². The lowest BCUT2D eigenvalue weighted by Crippen LogP contribution is -2.38. The Hall–Kier alpha value is -1.13. The van der Waals surface area contributed by atoms with Crippen LogP contribution in [-0.2, 0) is 9.53 Å². The van der Waals surface area contributed by atoms with Gasteiger partial charge in [0.1, 0.15) is 5.60 Å². The third kappa shape index (κ3) is 7.20. The van der Waals surface area contributed by atoms with Gasteiger partial charge in [-0.05, 0) is 34.1 Å². The van der Waals surface area contributed by atoms with Crippen LogP contribution in [0.3, 0.4) is 0 Å². The minimum Gasteiger partial charge on any atom is -0.444 e. The number of alkyl carbamates (subject to hydrolysis) is 1. The lowest BCUT2D eigenvalue weighted by atomic mass is 10.0. The first-order valence-corrected chi connectivity index (χ1v) is 5.30. The molecule has 16 heavy (non-hydrogen) atoms. The van der Waals surface area contributed by atoms with Crippen molar-refractivity contribution < 1.29 is 18.7 Å². The number of rotatable bonds is 4. The molecular weight excluding hydrogens is 213 g/mol. The van der Waals surface area contributed by atoms with E-state index >= 15 is 0 Å². The van der Waals surface area contributed by atoms with Crippen LogP contribution in [0.5, 0.6) is 0 Å². The average Bonchev–Trinajstić information content (AvgIpc) is 1.98. The Labute approximate surface area is 95.5 Å². The highest BCUT2D eigenvalue weighted by Crippen LogP contribution is 2.10. The van der Waals surface area contributed by atoms with Crippen LogP contribution in [0.4, 0.5) is 9.18 Å². The van der Waals surface area contributed by atoms with Gasteiger partial charge in [-0.25, -0.2) is 4.79 Å². The Bertz CT molecular complexity index is 260. The summed E-state index contributed by atoms with van der Waals surface area (Å²) < 4.78 is 17.3. The maximum atomic E-state index is 12.3. The monoisotopic (exact) mass is 233 g/mol. The molecule has 94 valence electrons. The molecule has 2 atom stereocenters. The summed E-state index contributed by atoms with van der Waals surface area (Å²) in [4.78, 5) is 21.7. The molecule has 0 aliphatic heterocycles.